The molecular weight excluding hydrogens is 238 g/mol. The molecule has 2 rings (SSSR count). The maximum absolute atomic E-state index is 9.15. The van der Waals surface area contributed by atoms with Crippen LogP contribution in [0.15, 0.2) is 24.3 Å². The molecule has 98 valence electrons. The zero-order valence-electron chi connectivity index (χ0n) is 11.5. The van der Waals surface area contributed by atoms with Gasteiger partial charge in [0.15, 0.2) is 0 Å². The van der Waals surface area contributed by atoms with Crippen LogP contribution in [0.1, 0.15) is 22.8 Å². The molecule has 0 amide bonds. The second-order valence-corrected chi connectivity index (χ2v) is 4.47. The van der Waals surface area contributed by atoms with Crippen molar-refractivity contribution in [2.45, 2.75) is 19.8 Å². The standard InChI is InChI=1S/C15H17N3O/c1-11-17-14(15(10-16)18(11)2)9-6-12-4-7-13(19-3)8-5-12/h4-5,7-8H,6,9H2,1-3H3. The lowest BCUT2D eigenvalue weighted by atomic mass is 10.1. The van der Waals surface area contributed by atoms with Crippen LogP contribution >= 0.6 is 0 Å². The number of nitriles is 1. The maximum atomic E-state index is 9.15. The summed E-state index contributed by atoms with van der Waals surface area (Å²) >= 11 is 0. The zero-order valence-corrected chi connectivity index (χ0v) is 11.5. The fraction of sp³-hybridized carbons (Fsp3) is 0.333. The molecule has 1 aromatic carbocycles. The Morgan fingerprint density at radius 1 is 1.26 bits per heavy atom. The first-order valence-electron chi connectivity index (χ1n) is 6.21. The Morgan fingerprint density at radius 2 is 1.95 bits per heavy atom. The second kappa shape index (κ2) is 5.57. The Kier molecular flexibility index (Phi) is 3.86. The van der Waals surface area contributed by atoms with Gasteiger partial charge < -0.3 is 9.30 Å². The van der Waals surface area contributed by atoms with Gasteiger partial charge in [0, 0.05) is 7.05 Å². The van der Waals surface area contributed by atoms with Crippen molar-refractivity contribution in [1.82, 2.24) is 9.55 Å². The summed E-state index contributed by atoms with van der Waals surface area (Å²) in [5, 5.41) is 9.15. The number of aromatic nitrogens is 2. The molecule has 4 nitrogen and oxygen atoms in total. The van der Waals surface area contributed by atoms with E-state index in [0.29, 0.717) is 5.69 Å². The van der Waals surface area contributed by atoms with Crippen LogP contribution in [-0.2, 0) is 19.9 Å². The monoisotopic (exact) mass is 255 g/mol. The summed E-state index contributed by atoms with van der Waals surface area (Å²) in [6.45, 7) is 1.91. The highest BCUT2D eigenvalue weighted by molar-refractivity contribution is 5.31. The first-order valence-corrected chi connectivity index (χ1v) is 6.21. The van der Waals surface area contributed by atoms with E-state index in [-0.39, 0.29) is 0 Å². The molecule has 0 bridgehead atoms. The molecule has 0 spiro atoms. The maximum Gasteiger partial charge on any atom is 0.143 e. The van der Waals surface area contributed by atoms with E-state index in [1.807, 2.05) is 42.8 Å². The molecule has 0 saturated carbocycles. The fourth-order valence-electron chi connectivity index (χ4n) is 2.05. The van der Waals surface area contributed by atoms with Gasteiger partial charge in [-0.15, -0.1) is 0 Å². The summed E-state index contributed by atoms with van der Waals surface area (Å²) in [5.74, 6) is 1.73. The van der Waals surface area contributed by atoms with Crippen LogP contribution in [0.5, 0.6) is 5.75 Å². The molecule has 1 heterocycles. The molecule has 0 unspecified atom stereocenters. The smallest absolute Gasteiger partial charge is 0.143 e. The van der Waals surface area contributed by atoms with Crippen LogP contribution in [0.3, 0.4) is 0 Å². The number of benzene rings is 1. The second-order valence-electron chi connectivity index (χ2n) is 4.47. The molecule has 0 atom stereocenters. The molecule has 0 aliphatic carbocycles. The Balaban J connectivity index is 2.10. The van der Waals surface area contributed by atoms with E-state index in [9.17, 15) is 0 Å². The molecule has 0 saturated heterocycles. The van der Waals surface area contributed by atoms with Crippen molar-refractivity contribution in [2.24, 2.45) is 7.05 Å². The summed E-state index contributed by atoms with van der Waals surface area (Å²) in [5.41, 5.74) is 2.75. The van der Waals surface area contributed by atoms with Gasteiger partial charge in [0.2, 0.25) is 0 Å². The highest BCUT2D eigenvalue weighted by Crippen LogP contribution is 2.15. The molecule has 0 N–H and O–H groups in total. The minimum absolute atomic E-state index is 0.658. The van der Waals surface area contributed by atoms with Gasteiger partial charge in [-0.25, -0.2) is 4.98 Å². The Bertz CT molecular complexity index is 606. The van der Waals surface area contributed by atoms with Crippen molar-refractivity contribution in [3.8, 4) is 11.8 Å². The minimum Gasteiger partial charge on any atom is -0.497 e. The minimum atomic E-state index is 0.658. The Hall–Kier alpha value is -2.28. The summed E-state index contributed by atoms with van der Waals surface area (Å²) in [6, 6.07) is 10.2. The van der Waals surface area contributed by atoms with E-state index in [2.05, 4.69) is 11.1 Å². The van der Waals surface area contributed by atoms with Gasteiger partial charge in [-0.05, 0) is 37.5 Å². The summed E-state index contributed by atoms with van der Waals surface area (Å²) in [6.07, 6.45) is 1.64. The van der Waals surface area contributed by atoms with Crippen LogP contribution in [-0.4, -0.2) is 16.7 Å². The molecule has 0 fully saturated rings. The quantitative estimate of drug-likeness (QED) is 0.843. The van der Waals surface area contributed by atoms with Gasteiger partial charge in [0.25, 0.3) is 0 Å². The molecule has 4 heteroatoms. The van der Waals surface area contributed by atoms with Crippen molar-refractivity contribution in [1.29, 1.82) is 5.26 Å². The third kappa shape index (κ3) is 2.76. The van der Waals surface area contributed by atoms with E-state index in [1.165, 1.54) is 5.56 Å². The first-order chi connectivity index (χ1) is 9.15. The van der Waals surface area contributed by atoms with Crippen molar-refractivity contribution in [2.75, 3.05) is 7.11 Å². The van der Waals surface area contributed by atoms with E-state index in [0.717, 1.165) is 30.1 Å². The molecule has 1 aromatic heterocycles. The normalized spacial score (nSPS) is 10.2. The van der Waals surface area contributed by atoms with E-state index < -0.39 is 0 Å². The SMILES string of the molecule is COc1ccc(CCc2nc(C)n(C)c2C#N)cc1. The number of rotatable bonds is 4. The highest BCUT2D eigenvalue weighted by Gasteiger charge is 2.11. The van der Waals surface area contributed by atoms with Crippen LogP contribution in [0, 0.1) is 18.3 Å². The van der Waals surface area contributed by atoms with Gasteiger partial charge in [-0.1, -0.05) is 12.1 Å². The molecule has 2 aromatic rings. The molecule has 0 aliphatic rings. The van der Waals surface area contributed by atoms with Crippen LogP contribution < -0.4 is 4.74 Å². The van der Waals surface area contributed by atoms with Gasteiger partial charge in [-0.3, -0.25) is 0 Å². The molecular formula is C15H17N3O. The number of ether oxygens (including phenoxy) is 1. The van der Waals surface area contributed by atoms with E-state index >= 15 is 0 Å². The predicted octanol–water partition coefficient (Wildman–Crippen LogP) is 2.39. The third-order valence-electron chi connectivity index (χ3n) is 3.31. The third-order valence-corrected chi connectivity index (χ3v) is 3.31. The van der Waals surface area contributed by atoms with E-state index in [4.69, 9.17) is 10.00 Å². The number of aryl methyl sites for hydroxylation is 3. The van der Waals surface area contributed by atoms with Crippen molar-refractivity contribution in [3.05, 3.63) is 47.0 Å². The molecule has 0 radical (unpaired) electrons. The average molecular weight is 255 g/mol. The van der Waals surface area contributed by atoms with Gasteiger partial charge in [-0.2, -0.15) is 5.26 Å². The number of methoxy groups -OCH3 is 1. The number of nitrogens with zero attached hydrogens (tertiary/aromatic N) is 3. The average Bonchev–Trinajstić information content (AvgIpc) is 2.72. The molecule has 19 heavy (non-hydrogen) atoms. The van der Waals surface area contributed by atoms with Crippen LogP contribution in [0.25, 0.3) is 0 Å². The van der Waals surface area contributed by atoms with Gasteiger partial charge in [0.05, 0.1) is 12.8 Å². The lowest BCUT2D eigenvalue weighted by Crippen LogP contribution is -1.97. The Morgan fingerprint density at radius 3 is 2.53 bits per heavy atom. The highest BCUT2D eigenvalue weighted by atomic mass is 16.5. The molecule has 0 aliphatic heterocycles. The fourth-order valence-corrected chi connectivity index (χ4v) is 2.05. The van der Waals surface area contributed by atoms with Crippen molar-refractivity contribution in [3.63, 3.8) is 0 Å². The topological polar surface area (TPSA) is 50.8 Å². The van der Waals surface area contributed by atoms with Crippen molar-refractivity contribution >= 4 is 0 Å². The number of hydrogen-bond donors (Lipinski definition) is 0. The zero-order chi connectivity index (χ0) is 13.8. The van der Waals surface area contributed by atoms with Gasteiger partial charge >= 0.3 is 0 Å². The van der Waals surface area contributed by atoms with Crippen LogP contribution in [0.4, 0.5) is 0 Å². The van der Waals surface area contributed by atoms with Crippen LogP contribution in [0.2, 0.25) is 0 Å². The lowest BCUT2D eigenvalue weighted by molar-refractivity contribution is 0.414. The summed E-state index contributed by atoms with van der Waals surface area (Å²) < 4.78 is 6.97. The summed E-state index contributed by atoms with van der Waals surface area (Å²) in [7, 11) is 3.53. The van der Waals surface area contributed by atoms with E-state index in [1.54, 1.807) is 7.11 Å². The Labute approximate surface area is 113 Å². The number of imidazole rings is 1. The number of hydrogen-bond acceptors (Lipinski definition) is 3. The van der Waals surface area contributed by atoms with Gasteiger partial charge in [0.1, 0.15) is 23.3 Å². The van der Waals surface area contributed by atoms with Crippen molar-refractivity contribution < 1.29 is 4.74 Å². The largest absolute Gasteiger partial charge is 0.497 e. The lowest BCUT2D eigenvalue weighted by Gasteiger charge is -2.03. The predicted molar refractivity (Wildman–Crippen MR) is 73.1 cm³/mol. The first kappa shape index (κ1) is 13.2. The summed E-state index contributed by atoms with van der Waals surface area (Å²) in [4.78, 5) is 4.45.